The molecule has 5 heteroatoms. The highest BCUT2D eigenvalue weighted by molar-refractivity contribution is 5.63. The Morgan fingerprint density at radius 2 is 1.48 bits per heavy atom. The van der Waals surface area contributed by atoms with Crippen LogP contribution in [0.3, 0.4) is 0 Å². The molecule has 1 fully saturated rings. The molecular weight excluding hydrogens is 360 g/mol. The van der Waals surface area contributed by atoms with E-state index >= 15 is 0 Å². The van der Waals surface area contributed by atoms with Crippen LogP contribution in [0.1, 0.15) is 31.2 Å². The SMILES string of the molecule is COc1ccc(-c2cnc(Nc3ccc(CN4CCCCCC4)cc3)nc2)cc1. The number of nitrogens with zero attached hydrogens (tertiary/aromatic N) is 3. The van der Waals surface area contributed by atoms with Gasteiger partial charge in [0, 0.05) is 30.2 Å². The lowest BCUT2D eigenvalue weighted by atomic mass is 10.1. The number of nitrogens with one attached hydrogen (secondary N) is 1. The lowest BCUT2D eigenvalue weighted by Crippen LogP contribution is -2.23. The molecule has 0 unspecified atom stereocenters. The van der Waals surface area contributed by atoms with Crippen LogP contribution >= 0.6 is 0 Å². The summed E-state index contributed by atoms with van der Waals surface area (Å²) in [6.07, 6.45) is 9.07. The van der Waals surface area contributed by atoms with Gasteiger partial charge in [-0.3, -0.25) is 4.90 Å². The van der Waals surface area contributed by atoms with Crippen molar-refractivity contribution in [3.8, 4) is 16.9 Å². The molecule has 150 valence electrons. The Hall–Kier alpha value is -2.92. The van der Waals surface area contributed by atoms with Gasteiger partial charge in [-0.05, 0) is 61.3 Å². The summed E-state index contributed by atoms with van der Waals surface area (Å²) in [6.45, 7) is 3.47. The van der Waals surface area contributed by atoms with E-state index in [1.807, 2.05) is 36.7 Å². The van der Waals surface area contributed by atoms with Gasteiger partial charge < -0.3 is 10.1 Å². The molecule has 0 aliphatic carbocycles. The maximum Gasteiger partial charge on any atom is 0.227 e. The summed E-state index contributed by atoms with van der Waals surface area (Å²) in [5.74, 6) is 1.44. The van der Waals surface area contributed by atoms with Crippen LogP contribution in [-0.4, -0.2) is 35.1 Å². The fraction of sp³-hybridized carbons (Fsp3) is 0.333. The molecule has 0 saturated carbocycles. The molecule has 1 aliphatic rings. The third-order valence-electron chi connectivity index (χ3n) is 5.39. The largest absolute Gasteiger partial charge is 0.497 e. The van der Waals surface area contributed by atoms with E-state index < -0.39 is 0 Å². The smallest absolute Gasteiger partial charge is 0.227 e. The Morgan fingerprint density at radius 1 is 0.828 bits per heavy atom. The van der Waals surface area contributed by atoms with Crippen molar-refractivity contribution < 1.29 is 4.74 Å². The minimum Gasteiger partial charge on any atom is -0.497 e. The minimum atomic E-state index is 0.600. The van der Waals surface area contributed by atoms with E-state index in [2.05, 4.69) is 44.5 Å². The lowest BCUT2D eigenvalue weighted by molar-refractivity contribution is 0.277. The fourth-order valence-electron chi connectivity index (χ4n) is 3.70. The van der Waals surface area contributed by atoms with E-state index in [1.54, 1.807) is 7.11 Å². The fourth-order valence-corrected chi connectivity index (χ4v) is 3.70. The second-order valence-corrected chi connectivity index (χ2v) is 7.54. The molecule has 1 N–H and O–H groups in total. The number of hydrogen-bond donors (Lipinski definition) is 1. The highest BCUT2D eigenvalue weighted by Gasteiger charge is 2.09. The third-order valence-corrected chi connectivity index (χ3v) is 5.39. The third kappa shape index (κ3) is 5.33. The maximum absolute atomic E-state index is 5.20. The van der Waals surface area contributed by atoms with E-state index in [9.17, 15) is 0 Å². The summed E-state index contributed by atoms with van der Waals surface area (Å²) >= 11 is 0. The summed E-state index contributed by atoms with van der Waals surface area (Å²) in [5.41, 5.74) is 4.40. The molecule has 2 heterocycles. The van der Waals surface area contributed by atoms with Gasteiger partial charge in [-0.25, -0.2) is 9.97 Å². The van der Waals surface area contributed by atoms with Crippen molar-refractivity contribution in [2.45, 2.75) is 32.2 Å². The van der Waals surface area contributed by atoms with Crippen molar-refractivity contribution in [2.75, 3.05) is 25.5 Å². The van der Waals surface area contributed by atoms with Crippen LogP contribution in [0.25, 0.3) is 11.1 Å². The van der Waals surface area contributed by atoms with Crippen molar-refractivity contribution in [2.24, 2.45) is 0 Å². The van der Waals surface area contributed by atoms with Crippen LogP contribution in [0.5, 0.6) is 5.75 Å². The second-order valence-electron chi connectivity index (χ2n) is 7.54. The molecule has 4 rings (SSSR count). The van der Waals surface area contributed by atoms with Gasteiger partial charge in [0.15, 0.2) is 0 Å². The quantitative estimate of drug-likeness (QED) is 0.623. The number of ether oxygens (including phenoxy) is 1. The first-order valence-corrected chi connectivity index (χ1v) is 10.3. The Morgan fingerprint density at radius 3 is 2.10 bits per heavy atom. The molecule has 1 saturated heterocycles. The normalized spacial score (nSPS) is 14.9. The van der Waals surface area contributed by atoms with Gasteiger partial charge in [-0.2, -0.15) is 0 Å². The molecule has 3 aromatic rings. The zero-order valence-electron chi connectivity index (χ0n) is 17.0. The Labute approximate surface area is 172 Å². The number of aromatic nitrogens is 2. The van der Waals surface area contributed by atoms with Gasteiger partial charge >= 0.3 is 0 Å². The number of methoxy groups -OCH3 is 1. The molecule has 1 aromatic heterocycles. The van der Waals surface area contributed by atoms with E-state index in [1.165, 1.54) is 44.3 Å². The molecule has 0 bridgehead atoms. The van der Waals surface area contributed by atoms with Crippen LogP contribution in [0.4, 0.5) is 11.6 Å². The highest BCUT2D eigenvalue weighted by Crippen LogP contribution is 2.22. The average Bonchev–Trinajstić information content (AvgIpc) is 3.04. The van der Waals surface area contributed by atoms with Gasteiger partial charge in [0.05, 0.1) is 7.11 Å². The number of likely N-dealkylation sites (tertiary alicyclic amines) is 1. The van der Waals surface area contributed by atoms with Crippen molar-refractivity contribution >= 4 is 11.6 Å². The van der Waals surface area contributed by atoms with E-state index in [0.717, 1.165) is 29.1 Å². The van der Waals surface area contributed by atoms with Crippen LogP contribution in [-0.2, 0) is 6.54 Å². The average molecular weight is 389 g/mol. The predicted octanol–water partition coefficient (Wildman–Crippen LogP) is 5.27. The summed E-state index contributed by atoms with van der Waals surface area (Å²) in [6, 6.07) is 16.5. The Kier molecular flexibility index (Phi) is 6.37. The van der Waals surface area contributed by atoms with Crippen LogP contribution in [0, 0.1) is 0 Å². The lowest BCUT2D eigenvalue weighted by Gasteiger charge is -2.19. The van der Waals surface area contributed by atoms with Crippen molar-refractivity contribution in [3.63, 3.8) is 0 Å². The van der Waals surface area contributed by atoms with Gasteiger partial charge in [-0.15, -0.1) is 0 Å². The van der Waals surface area contributed by atoms with E-state index in [-0.39, 0.29) is 0 Å². The maximum atomic E-state index is 5.20. The van der Waals surface area contributed by atoms with E-state index in [4.69, 9.17) is 4.74 Å². The van der Waals surface area contributed by atoms with Crippen LogP contribution in [0.15, 0.2) is 60.9 Å². The summed E-state index contributed by atoms with van der Waals surface area (Å²) in [7, 11) is 1.67. The Bertz CT molecular complexity index is 884. The van der Waals surface area contributed by atoms with Gasteiger partial charge in [0.1, 0.15) is 5.75 Å². The summed E-state index contributed by atoms with van der Waals surface area (Å²) in [5, 5.41) is 3.29. The molecule has 1 aliphatic heterocycles. The van der Waals surface area contributed by atoms with Crippen molar-refractivity contribution in [1.82, 2.24) is 14.9 Å². The molecule has 0 spiro atoms. The Balaban J connectivity index is 1.36. The summed E-state index contributed by atoms with van der Waals surface area (Å²) in [4.78, 5) is 11.5. The molecule has 0 atom stereocenters. The second kappa shape index (κ2) is 9.52. The van der Waals surface area contributed by atoms with E-state index in [0.29, 0.717) is 5.95 Å². The number of anilines is 2. The zero-order chi connectivity index (χ0) is 19.9. The topological polar surface area (TPSA) is 50.3 Å². The highest BCUT2D eigenvalue weighted by atomic mass is 16.5. The van der Waals surface area contributed by atoms with Crippen molar-refractivity contribution in [3.05, 3.63) is 66.5 Å². The monoisotopic (exact) mass is 388 g/mol. The predicted molar refractivity (Wildman–Crippen MR) is 117 cm³/mol. The van der Waals surface area contributed by atoms with Crippen LogP contribution in [0.2, 0.25) is 0 Å². The molecule has 5 nitrogen and oxygen atoms in total. The molecule has 2 aromatic carbocycles. The number of hydrogen-bond acceptors (Lipinski definition) is 5. The molecule has 0 radical (unpaired) electrons. The van der Waals surface area contributed by atoms with Gasteiger partial charge in [0.2, 0.25) is 5.95 Å². The number of rotatable bonds is 6. The van der Waals surface area contributed by atoms with Gasteiger partial charge in [-0.1, -0.05) is 37.1 Å². The first kappa shape index (κ1) is 19.4. The first-order chi connectivity index (χ1) is 14.3. The number of benzene rings is 2. The van der Waals surface area contributed by atoms with Gasteiger partial charge in [0.25, 0.3) is 0 Å². The van der Waals surface area contributed by atoms with Crippen molar-refractivity contribution in [1.29, 1.82) is 0 Å². The molecule has 29 heavy (non-hydrogen) atoms. The zero-order valence-corrected chi connectivity index (χ0v) is 17.0. The molecule has 0 amide bonds. The minimum absolute atomic E-state index is 0.600. The first-order valence-electron chi connectivity index (χ1n) is 10.3. The molecular formula is C24H28N4O. The van der Waals surface area contributed by atoms with Crippen LogP contribution < -0.4 is 10.1 Å². The summed E-state index contributed by atoms with van der Waals surface area (Å²) < 4.78 is 5.20. The standard InChI is InChI=1S/C24H28N4O/c1-29-23-12-8-20(9-13-23)21-16-25-24(26-17-21)27-22-10-6-19(7-11-22)18-28-14-4-2-3-5-15-28/h6-13,16-17H,2-5,14-15,18H2,1H3,(H,25,26,27).